The number of carbonyl (C=O) groups excluding carboxylic acids is 1. The van der Waals surface area contributed by atoms with E-state index in [-0.39, 0.29) is 17.9 Å². The van der Waals surface area contributed by atoms with Crippen LogP contribution in [0.25, 0.3) is 0 Å². The first kappa shape index (κ1) is 19.2. The monoisotopic (exact) mass is 395 g/mol. The van der Waals surface area contributed by atoms with Gasteiger partial charge in [-0.05, 0) is 17.7 Å². The first-order valence-electron chi connectivity index (χ1n) is 9.85. The number of fused-ring (bicyclic) bond motifs is 1. The molecule has 3 aromatic rings. The first-order chi connectivity index (χ1) is 14.1. The number of hydrogen-bond acceptors (Lipinski definition) is 6. The number of nitrogens with zero attached hydrogens (tertiary/aromatic N) is 4. The molecule has 0 fully saturated rings. The molecule has 1 amide bonds. The summed E-state index contributed by atoms with van der Waals surface area (Å²) in [5.74, 6) is 2.19. The van der Waals surface area contributed by atoms with E-state index in [9.17, 15) is 4.79 Å². The van der Waals surface area contributed by atoms with Gasteiger partial charge in [0.05, 0.1) is 19.1 Å². The van der Waals surface area contributed by atoms with Crippen LogP contribution in [0.4, 0.5) is 0 Å². The fourth-order valence-electron chi connectivity index (χ4n) is 3.63. The second-order valence-electron chi connectivity index (χ2n) is 7.48. The molecule has 1 atom stereocenters. The number of imidazole rings is 1. The van der Waals surface area contributed by atoms with Crippen molar-refractivity contribution in [1.82, 2.24) is 25.0 Å². The third kappa shape index (κ3) is 3.87. The van der Waals surface area contributed by atoms with Gasteiger partial charge in [-0.25, -0.2) is 4.98 Å². The van der Waals surface area contributed by atoms with Gasteiger partial charge in [-0.15, -0.1) is 0 Å². The molecule has 1 N–H and O–H groups in total. The molecule has 3 heterocycles. The lowest BCUT2D eigenvalue weighted by Crippen LogP contribution is -2.40. The van der Waals surface area contributed by atoms with Crippen LogP contribution in [0.3, 0.4) is 0 Å². The van der Waals surface area contributed by atoms with Gasteiger partial charge in [-0.2, -0.15) is 4.98 Å². The highest BCUT2D eigenvalue weighted by atomic mass is 16.5. The van der Waals surface area contributed by atoms with Crippen molar-refractivity contribution in [1.29, 1.82) is 0 Å². The van der Waals surface area contributed by atoms with Crippen molar-refractivity contribution in [2.45, 2.75) is 45.1 Å². The Bertz CT molecular complexity index is 976. The van der Waals surface area contributed by atoms with Crippen molar-refractivity contribution >= 4 is 5.91 Å². The quantitative estimate of drug-likeness (QED) is 0.689. The van der Waals surface area contributed by atoms with Crippen molar-refractivity contribution < 1.29 is 14.1 Å². The Kier molecular flexibility index (Phi) is 5.33. The highest BCUT2D eigenvalue weighted by Gasteiger charge is 2.34. The molecule has 0 spiro atoms. The molecular formula is C21H25N5O3. The molecule has 1 aliphatic rings. The summed E-state index contributed by atoms with van der Waals surface area (Å²) >= 11 is 0. The molecule has 8 nitrogen and oxygen atoms in total. The number of rotatable bonds is 6. The summed E-state index contributed by atoms with van der Waals surface area (Å²) in [6, 6.07) is 7.56. The van der Waals surface area contributed by atoms with Crippen LogP contribution in [0, 0.1) is 0 Å². The molecule has 0 saturated heterocycles. The maximum Gasteiger partial charge on any atom is 0.227 e. The molecule has 1 aromatic carbocycles. The topological polar surface area (TPSA) is 97.1 Å². The third-order valence-electron chi connectivity index (χ3n) is 5.23. The van der Waals surface area contributed by atoms with E-state index in [1.54, 1.807) is 13.4 Å². The van der Waals surface area contributed by atoms with Gasteiger partial charge in [0.1, 0.15) is 11.8 Å². The average molecular weight is 395 g/mol. The maximum atomic E-state index is 13.1. The van der Waals surface area contributed by atoms with Crippen LogP contribution in [-0.4, -0.2) is 44.6 Å². The predicted octanol–water partition coefficient (Wildman–Crippen LogP) is 3.03. The van der Waals surface area contributed by atoms with Crippen molar-refractivity contribution in [3.05, 3.63) is 59.3 Å². The van der Waals surface area contributed by atoms with Gasteiger partial charge < -0.3 is 19.1 Å². The zero-order valence-electron chi connectivity index (χ0n) is 16.9. The van der Waals surface area contributed by atoms with Gasteiger partial charge in [0.2, 0.25) is 11.8 Å². The van der Waals surface area contributed by atoms with Crippen LogP contribution in [0.15, 0.2) is 35.1 Å². The van der Waals surface area contributed by atoms with Crippen molar-refractivity contribution in [2.24, 2.45) is 0 Å². The van der Waals surface area contributed by atoms with Gasteiger partial charge in [-0.1, -0.05) is 31.1 Å². The number of hydrogen-bond donors (Lipinski definition) is 1. The fraction of sp³-hybridized carbons (Fsp3) is 0.429. The Morgan fingerprint density at radius 2 is 2.14 bits per heavy atom. The number of aromatic nitrogens is 4. The number of ether oxygens (including phenoxy) is 1. The van der Waals surface area contributed by atoms with Gasteiger partial charge >= 0.3 is 0 Å². The number of H-pyrrole nitrogens is 1. The predicted molar refractivity (Wildman–Crippen MR) is 106 cm³/mol. The molecule has 0 radical (unpaired) electrons. The van der Waals surface area contributed by atoms with Gasteiger partial charge in [0.15, 0.2) is 5.82 Å². The van der Waals surface area contributed by atoms with Gasteiger partial charge in [0, 0.05) is 37.4 Å². The second kappa shape index (κ2) is 8.06. The lowest BCUT2D eigenvalue weighted by Gasteiger charge is -2.35. The highest BCUT2D eigenvalue weighted by Crippen LogP contribution is 2.34. The molecular weight excluding hydrogens is 370 g/mol. The molecule has 8 heteroatoms. The fourth-order valence-corrected chi connectivity index (χ4v) is 3.63. The zero-order valence-corrected chi connectivity index (χ0v) is 16.9. The number of nitrogens with one attached hydrogen (secondary N) is 1. The Hall–Kier alpha value is -3.16. The van der Waals surface area contributed by atoms with Crippen LogP contribution < -0.4 is 4.74 Å². The van der Waals surface area contributed by atoms with E-state index in [0.717, 1.165) is 29.1 Å². The van der Waals surface area contributed by atoms with E-state index in [0.29, 0.717) is 31.1 Å². The minimum atomic E-state index is -0.225. The van der Waals surface area contributed by atoms with Crippen LogP contribution >= 0.6 is 0 Å². The molecule has 0 saturated carbocycles. The number of carbonyl (C=O) groups is 1. The zero-order chi connectivity index (χ0) is 20.4. The molecule has 0 aliphatic carbocycles. The van der Waals surface area contributed by atoms with Crippen LogP contribution in [0.5, 0.6) is 5.75 Å². The largest absolute Gasteiger partial charge is 0.497 e. The number of amides is 1. The lowest BCUT2D eigenvalue weighted by molar-refractivity contribution is -0.133. The van der Waals surface area contributed by atoms with Crippen LogP contribution in [-0.2, 0) is 17.6 Å². The maximum absolute atomic E-state index is 13.1. The number of aromatic amines is 1. The van der Waals surface area contributed by atoms with Crippen molar-refractivity contribution in [3.8, 4) is 5.75 Å². The number of aryl methyl sites for hydroxylation is 1. The van der Waals surface area contributed by atoms with Crippen molar-refractivity contribution in [2.75, 3.05) is 13.7 Å². The summed E-state index contributed by atoms with van der Waals surface area (Å²) in [4.78, 5) is 27.1. The Labute approximate surface area is 169 Å². The molecule has 4 rings (SSSR count). The molecule has 152 valence electrons. The summed E-state index contributed by atoms with van der Waals surface area (Å²) < 4.78 is 10.5. The minimum absolute atomic E-state index is 0.0452. The first-order valence-corrected chi connectivity index (χ1v) is 9.85. The van der Waals surface area contributed by atoms with Gasteiger partial charge in [-0.3, -0.25) is 4.79 Å². The van der Waals surface area contributed by atoms with Crippen molar-refractivity contribution in [3.63, 3.8) is 0 Å². The Morgan fingerprint density at radius 3 is 2.83 bits per heavy atom. The SMILES string of the molecule is COc1ccc(C2c3nc[nH]c3CCN2C(=O)CCc2nc(C(C)C)no2)cc1. The molecule has 0 bridgehead atoms. The normalized spacial score (nSPS) is 16.1. The average Bonchev–Trinajstić information content (AvgIpc) is 3.41. The summed E-state index contributed by atoms with van der Waals surface area (Å²) in [5, 5.41) is 3.97. The summed E-state index contributed by atoms with van der Waals surface area (Å²) in [6.45, 7) is 4.65. The van der Waals surface area contributed by atoms with Gasteiger partial charge in [0.25, 0.3) is 0 Å². The summed E-state index contributed by atoms with van der Waals surface area (Å²) in [5.41, 5.74) is 2.98. The summed E-state index contributed by atoms with van der Waals surface area (Å²) in [6.07, 6.45) is 3.19. The molecule has 1 aliphatic heterocycles. The molecule has 2 aromatic heterocycles. The Morgan fingerprint density at radius 1 is 1.34 bits per heavy atom. The van der Waals surface area contributed by atoms with E-state index in [1.165, 1.54) is 0 Å². The number of benzene rings is 1. The standard InChI is InChI=1S/C21H25N5O3/c1-13(2)21-24-17(29-25-21)8-9-18(27)26-11-10-16-19(23-12-22-16)20(26)14-4-6-15(28-3)7-5-14/h4-7,12-13,20H,8-11H2,1-3H3,(H,22,23). The molecule has 29 heavy (non-hydrogen) atoms. The van der Waals surface area contributed by atoms with E-state index in [2.05, 4.69) is 20.1 Å². The number of methoxy groups -OCH3 is 1. The van der Waals surface area contributed by atoms with E-state index >= 15 is 0 Å². The molecule has 1 unspecified atom stereocenters. The smallest absolute Gasteiger partial charge is 0.227 e. The van der Waals surface area contributed by atoms with Crippen LogP contribution in [0.1, 0.15) is 60.9 Å². The van der Waals surface area contributed by atoms with Crippen LogP contribution in [0.2, 0.25) is 0 Å². The second-order valence-corrected chi connectivity index (χ2v) is 7.48. The lowest BCUT2D eigenvalue weighted by atomic mass is 9.95. The third-order valence-corrected chi connectivity index (χ3v) is 5.23. The van der Waals surface area contributed by atoms with E-state index < -0.39 is 0 Å². The Balaban J connectivity index is 1.54. The summed E-state index contributed by atoms with van der Waals surface area (Å²) in [7, 11) is 1.64. The minimum Gasteiger partial charge on any atom is -0.497 e. The van der Waals surface area contributed by atoms with E-state index in [4.69, 9.17) is 9.26 Å². The van der Waals surface area contributed by atoms with E-state index in [1.807, 2.05) is 43.0 Å². The highest BCUT2D eigenvalue weighted by molar-refractivity contribution is 5.77.